The molecule has 4 aliphatic heterocycles. The SMILES string of the molecule is CN(C)c1ccc2c(c1)Oc1cc(N(C)C)ccc1C21OC(=O)c2cc(C(=O)NCC[C@H](NC(=O)[C@H](CC3CCCCC3)NC(=O)N3CCOCC3)C(=O)NCCNC(=O)c3ccc(-c4c5ccc(=O)cc-5oc5cc([O-])ccc45)c(C(=O)O)c3)ccc21. The van der Waals surface area contributed by atoms with E-state index in [0.717, 1.165) is 43.5 Å². The van der Waals surface area contributed by atoms with Crippen molar-refractivity contribution in [3.63, 3.8) is 0 Å². The van der Waals surface area contributed by atoms with E-state index in [0.29, 0.717) is 77.4 Å². The largest absolute Gasteiger partial charge is 0.872 e. The van der Waals surface area contributed by atoms with Crippen LogP contribution in [0.2, 0.25) is 0 Å². The first-order chi connectivity index (χ1) is 42.4. The average molecular weight is 1200 g/mol. The number of hydrogen-bond donors (Lipinski definition) is 6. The number of esters is 1. The number of carboxylic acid groups (broad SMARTS) is 1. The predicted molar refractivity (Wildman–Crippen MR) is 324 cm³/mol. The second-order valence-electron chi connectivity index (χ2n) is 22.9. The average Bonchev–Trinajstić information content (AvgIpc) is 1.45. The molecule has 6 amide bonds. The number of benzene rings is 6. The van der Waals surface area contributed by atoms with E-state index in [1.54, 1.807) is 17.0 Å². The maximum Gasteiger partial charge on any atom is 0.340 e. The number of urea groups is 1. The summed E-state index contributed by atoms with van der Waals surface area (Å²) in [5.74, 6) is -3.60. The van der Waals surface area contributed by atoms with Gasteiger partial charge in [0.05, 0.1) is 24.3 Å². The number of nitrogens with one attached hydrogen (secondary N) is 5. The van der Waals surface area contributed by atoms with Gasteiger partial charge < -0.3 is 70.1 Å². The van der Waals surface area contributed by atoms with Crippen molar-refractivity contribution in [2.45, 2.75) is 62.6 Å². The van der Waals surface area contributed by atoms with Gasteiger partial charge in [0, 0.05) is 135 Å². The summed E-state index contributed by atoms with van der Waals surface area (Å²) in [6, 6.07) is 25.6. The summed E-state index contributed by atoms with van der Waals surface area (Å²) in [4.78, 5) is 115. The Kier molecular flexibility index (Phi) is 17.1. The molecule has 0 radical (unpaired) electrons. The van der Waals surface area contributed by atoms with Gasteiger partial charge in [-0.2, -0.15) is 0 Å². The third-order valence-electron chi connectivity index (χ3n) is 16.8. The third kappa shape index (κ3) is 12.1. The van der Waals surface area contributed by atoms with Gasteiger partial charge in [-0.25, -0.2) is 14.4 Å². The third-order valence-corrected chi connectivity index (χ3v) is 16.8. The number of ether oxygens (including phenoxy) is 3. The van der Waals surface area contributed by atoms with E-state index in [2.05, 4.69) is 26.6 Å². The molecule has 6 aliphatic rings. The van der Waals surface area contributed by atoms with E-state index < -0.39 is 59.3 Å². The standard InChI is InChI=1S/C66H68N8O14/c1-72(2)40-12-20-50-56(33-40)87-57-34-41(73(3)4)13-21-51(57)66(50)49-19-11-39(32-48(49)64(83)88-66)59(77)67-23-22-52(70-62(80)53(30-37-8-6-5-7-9-37)71-65(84)74-26-28-85-29-27-74)61(79)69-25-24-68-60(78)38-10-16-44(47(31-38)63(81)82)58-45-17-14-42(75)35-54(45)86-55-36-43(76)15-18-46(55)58/h10-21,31-37,52-53,75H,5-9,22-30H2,1-4H3,(H,67,77)(H,68,78)(H,69,79)(H,70,80)(H,71,84)(H,81,82)/p-1/t52-,53-/m0/s1. The number of nitrogens with zero attached hydrogens (tertiary/aromatic N) is 3. The second kappa shape index (κ2) is 25.2. The van der Waals surface area contributed by atoms with Crippen LogP contribution in [-0.4, -0.2) is 138 Å². The number of amides is 6. The van der Waals surface area contributed by atoms with Gasteiger partial charge in [0.25, 0.3) is 11.8 Å². The summed E-state index contributed by atoms with van der Waals surface area (Å²) < 4.78 is 24.3. The summed E-state index contributed by atoms with van der Waals surface area (Å²) in [6.45, 7) is 0.938. The van der Waals surface area contributed by atoms with E-state index in [9.17, 15) is 48.6 Å². The molecular weight excluding hydrogens is 1130 g/mol. The number of morpholine rings is 1. The lowest BCUT2D eigenvalue weighted by Gasteiger charge is -2.37. The van der Waals surface area contributed by atoms with Crippen LogP contribution in [0.3, 0.4) is 0 Å². The fourth-order valence-electron chi connectivity index (χ4n) is 12.2. The van der Waals surface area contributed by atoms with Gasteiger partial charge in [-0.1, -0.05) is 56.4 Å². The van der Waals surface area contributed by atoms with Crippen molar-refractivity contribution in [1.29, 1.82) is 0 Å². The monoisotopic (exact) mass is 1200 g/mol. The van der Waals surface area contributed by atoms with Crippen molar-refractivity contribution in [2.24, 2.45) is 5.92 Å². The maximum atomic E-state index is 14.5. The Labute approximate surface area is 506 Å². The van der Waals surface area contributed by atoms with Gasteiger partial charge in [-0.3, -0.25) is 24.0 Å². The number of anilines is 2. The van der Waals surface area contributed by atoms with Crippen LogP contribution in [0.1, 0.15) is 103 Å². The molecule has 6 N–H and O–H groups in total. The van der Waals surface area contributed by atoms with Crippen LogP contribution in [0.15, 0.2) is 118 Å². The molecular formula is C66H67N8O14-. The van der Waals surface area contributed by atoms with Crippen LogP contribution in [-0.2, 0) is 24.7 Å². The quantitative estimate of drug-likeness (QED) is 0.0301. The van der Waals surface area contributed by atoms with Gasteiger partial charge in [-0.05, 0) is 91.1 Å². The Hall–Kier alpha value is -9.96. The molecule has 5 aromatic carbocycles. The summed E-state index contributed by atoms with van der Waals surface area (Å²) >= 11 is 0. The molecule has 1 spiro atoms. The Morgan fingerprint density at radius 1 is 0.659 bits per heavy atom. The number of carboxylic acids is 1. The molecule has 5 aromatic rings. The van der Waals surface area contributed by atoms with E-state index >= 15 is 0 Å². The topological polar surface area (TPSA) is 291 Å². The number of fused-ring (bicyclic) bond motifs is 8. The molecule has 0 bridgehead atoms. The Bertz CT molecular complexity index is 3880. The molecule has 22 nitrogen and oxygen atoms in total. The van der Waals surface area contributed by atoms with E-state index in [4.69, 9.17) is 18.6 Å². The molecule has 0 unspecified atom stereocenters. The molecule has 2 atom stereocenters. The number of aromatic carboxylic acids is 1. The minimum absolute atomic E-state index is 0.0224. The maximum absolute atomic E-state index is 14.5. The summed E-state index contributed by atoms with van der Waals surface area (Å²) in [7, 11) is 7.65. The van der Waals surface area contributed by atoms with Gasteiger partial charge in [0.1, 0.15) is 34.9 Å². The fourth-order valence-corrected chi connectivity index (χ4v) is 12.2. The van der Waals surface area contributed by atoms with Crippen molar-refractivity contribution >= 4 is 63.9 Å². The molecule has 456 valence electrons. The van der Waals surface area contributed by atoms with Crippen molar-refractivity contribution in [3.8, 4) is 39.7 Å². The van der Waals surface area contributed by atoms with E-state index in [1.165, 1.54) is 60.7 Å². The van der Waals surface area contributed by atoms with Crippen LogP contribution in [0.5, 0.6) is 17.2 Å². The van der Waals surface area contributed by atoms with Crippen molar-refractivity contribution in [3.05, 3.63) is 158 Å². The predicted octanol–water partition coefficient (Wildman–Crippen LogP) is 6.57. The molecule has 1 saturated heterocycles. The zero-order valence-electron chi connectivity index (χ0n) is 49.1. The molecule has 4 heterocycles. The number of rotatable bonds is 18. The van der Waals surface area contributed by atoms with Gasteiger partial charge >= 0.3 is 18.0 Å². The lowest BCUT2D eigenvalue weighted by Crippen LogP contribution is -2.57. The first-order valence-corrected chi connectivity index (χ1v) is 29.4. The summed E-state index contributed by atoms with van der Waals surface area (Å²) in [6.07, 6.45) is 4.99. The Morgan fingerprint density at radius 3 is 1.98 bits per heavy atom. The highest BCUT2D eigenvalue weighted by Gasteiger charge is 2.54. The van der Waals surface area contributed by atoms with Crippen LogP contribution in [0, 0.1) is 5.92 Å². The zero-order valence-corrected chi connectivity index (χ0v) is 49.1. The highest BCUT2D eigenvalue weighted by atomic mass is 16.6. The van der Waals surface area contributed by atoms with Crippen molar-refractivity contribution in [1.82, 2.24) is 31.5 Å². The molecule has 2 aliphatic carbocycles. The normalized spacial score (nSPS) is 15.6. The van der Waals surface area contributed by atoms with E-state index in [-0.39, 0.29) is 82.3 Å². The van der Waals surface area contributed by atoms with Gasteiger partial charge in [0.15, 0.2) is 11.0 Å². The number of carbonyl (C=O) groups excluding carboxylic acids is 6. The van der Waals surface area contributed by atoms with Crippen molar-refractivity contribution < 1.29 is 62.4 Å². The number of carbonyl (C=O) groups is 7. The van der Waals surface area contributed by atoms with Crippen LogP contribution >= 0.6 is 0 Å². The zero-order chi connectivity index (χ0) is 62.0. The van der Waals surface area contributed by atoms with Crippen LogP contribution in [0.4, 0.5) is 16.2 Å². The Balaban J connectivity index is 0.807. The smallest absolute Gasteiger partial charge is 0.340 e. The minimum atomic E-state index is -1.41. The molecule has 1 saturated carbocycles. The molecule has 2 fully saturated rings. The lowest BCUT2D eigenvalue weighted by molar-refractivity contribution is -0.268. The number of hydrogen-bond acceptors (Lipinski definition) is 15. The van der Waals surface area contributed by atoms with Crippen molar-refractivity contribution in [2.75, 3.05) is 83.9 Å². The van der Waals surface area contributed by atoms with E-state index in [1.807, 2.05) is 74.4 Å². The molecule has 0 aromatic heterocycles. The van der Waals surface area contributed by atoms with Gasteiger partial charge in [0.2, 0.25) is 11.8 Å². The Morgan fingerprint density at radius 2 is 1.30 bits per heavy atom. The summed E-state index contributed by atoms with van der Waals surface area (Å²) in [5.41, 5.74) is 2.84. The second-order valence-corrected chi connectivity index (χ2v) is 22.9. The first kappa shape index (κ1) is 59.8. The lowest BCUT2D eigenvalue weighted by atomic mass is 9.77. The molecule has 22 heteroatoms. The molecule has 11 rings (SSSR count). The first-order valence-electron chi connectivity index (χ1n) is 29.4. The van der Waals surface area contributed by atoms with Crippen LogP contribution < -0.4 is 51.7 Å². The highest BCUT2D eigenvalue weighted by Crippen LogP contribution is 2.57. The minimum Gasteiger partial charge on any atom is -0.872 e. The summed E-state index contributed by atoms with van der Waals surface area (Å²) in [5, 5.41) is 37.3. The highest BCUT2D eigenvalue weighted by molar-refractivity contribution is 6.09. The molecule has 88 heavy (non-hydrogen) atoms. The fraction of sp³-hybridized carbons (Fsp3) is 0.333. The van der Waals surface area contributed by atoms with Crippen LogP contribution in [0.25, 0.3) is 33.4 Å². The van der Waals surface area contributed by atoms with Gasteiger partial charge in [-0.15, -0.1) is 5.75 Å².